The molecular weight excluding hydrogens is 364 g/mol. The third-order valence-corrected chi connectivity index (χ3v) is 3.74. The summed E-state index contributed by atoms with van der Waals surface area (Å²) in [7, 11) is 0. The smallest absolute Gasteiger partial charge is 0.166 e. The van der Waals surface area contributed by atoms with Crippen LogP contribution in [0.25, 0.3) is 21.9 Å². The van der Waals surface area contributed by atoms with Crippen molar-refractivity contribution in [2.24, 2.45) is 0 Å². The van der Waals surface area contributed by atoms with Crippen molar-refractivity contribution >= 4 is 10.8 Å². The summed E-state index contributed by atoms with van der Waals surface area (Å²) < 4.78 is 37.9. The zero-order valence-electron chi connectivity index (χ0n) is 12.0. The molecule has 3 rings (SSSR count). The predicted octanol–water partition coefficient (Wildman–Crippen LogP) is 5.80. The predicted molar refractivity (Wildman–Crippen MR) is 79.4 cm³/mol. The van der Waals surface area contributed by atoms with Crippen molar-refractivity contribution in [1.82, 2.24) is 0 Å². The minimum absolute atomic E-state index is 0. The van der Waals surface area contributed by atoms with Crippen molar-refractivity contribution in [2.45, 2.75) is 19.5 Å². The maximum atomic E-state index is 12.6. The first-order valence-electron chi connectivity index (χ1n) is 6.85. The van der Waals surface area contributed by atoms with Crippen molar-refractivity contribution in [2.75, 3.05) is 0 Å². The van der Waals surface area contributed by atoms with Crippen molar-refractivity contribution in [3.8, 4) is 11.1 Å². The molecule has 0 spiro atoms. The third-order valence-electron chi connectivity index (χ3n) is 3.74. The molecule has 3 aromatic carbocycles. The molecule has 0 aromatic heterocycles. The zero-order valence-corrected chi connectivity index (χ0v) is 14.5. The van der Waals surface area contributed by atoms with Gasteiger partial charge < -0.3 is 0 Å². The van der Waals surface area contributed by atoms with Crippen molar-refractivity contribution in [3.63, 3.8) is 0 Å². The van der Waals surface area contributed by atoms with Gasteiger partial charge in [-0.25, -0.2) is 0 Å². The summed E-state index contributed by atoms with van der Waals surface area (Å²) in [4.78, 5) is 0. The van der Waals surface area contributed by atoms with Crippen LogP contribution in [0.4, 0.5) is 13.2 Å². The Morgan fingerprint density at radius 1 is 1.00 bits per heavy atom. The van der Waals surface area contributed by atoms with Crippen LogP contribution in [0.2, 0.25) is 0 Å². The average molecular weight is 379 g/mol. The molecule has 0 heterocycles. The van der Waals surface area contributed by atoms with Crippen LogP contribution in [0.5, 0.6) is 0 Å². The van der Waals surface area contributed by atoms with E-state index in [1.807, 2.05) is 18.2 Å². The molecule has 0 saturated carbocycles. The van der Waals surface area contributed by atoms with Gasteiger partial charge in [0, 0.05) is 26.2 Å². The summed E-state index contributed by atoms with van der Waals surface area (Å²) in [6, 6.07) is 15.5. The van der Waals surface area contributed by atoms with Crippen LogP contribution in [-0.4, -0.2) is 0 Å². The normalized spacial score (nSPS) is 11.5. The van der Waals surface area contributed by atoms with Gasteiger partial charge in [0.1, 0.15) is 0 Å². The maximum absolute atomic E-state index is 12.6. The molecule has 4 heteroatoms. The van der Waals surface area contributed by atoms with Crippen LogP contribution in [0, 0.1) is 0 Å². The molecule has 0 amide bonds. The van der Waals surface area contributed by atoms with E-state index in [4.69, 9.17) is 0 Å². The number of halogens is 3. The molecule has 0 bridgehead atoms. The van der Waals surface area contributed by atoms with Gasteiger partial charge in [-0.1, -0.05) is 30.7 Å². The number of alkyl halides is 3. The SMILES string of the molecule is CCc1cc2c(-c3ccc(C(F)(F)F)cc3)cccc2[cH-]1.[Zr]. The molecule has 0 fully saturated rings. The Kier molecular flexibility index (Phi) is 5.01. The summed E-state index contributed by atoms with van der Waals surface area (Å²) in [5, 5.41) is 2.22. The van der Waals surface area contributed by atoms with E-state index in [2.05, 4.69) is 19.1 Å². The molecule has 22 heavy (non-hydrogen) atoms. The minimum Gasteiger partial charge on any atom is -0.166 e. The number of rotatable bonds is 2. The van der Waals surface area contributed by atoms with Gasteiger partial charge in [-0.15, -0.1) is 34.5 Å². The Labute approximate surface area is 146 Å². The van der Waals surface area contributed by atoms with E-state index in [1.165, 1.54) is 17.7 Å². The second-order valence-electron chi connectivity index (χ2n) is 5.10. The second kappa shape index (κ2) is 6.46. The number of aryl methyl sites for hydroxylation is 1. The Hall–Kier alpha value is -1.28. The van der Waals surface area contributed by atoms with E-state index in [0.717, 1.165) is 40.5 Å². The van der Waals surface area contributed by atoms with Crippen LogP contribution in [0.3, 0.4) is 0 Å². The molecule has 0 aliphatic heterocycles. The van der Waals surface area contributed by atoms with E-state index in [9.17, 15) is 13.2 Å². The van der Waals surface area contributed by atoms with Crippen LogP contribution < -0.4 is 0 Å². The first kappa shape index (κ1) is 17.1. The van der Waals surface area contributed by atoms with E-state index >= 15 is 0 Å². The summed E-state index contributed by atoms with van der Waals surface area (Å²) in [6.45, 7) is 2.09. The topological polar surface area (TPSA) is 0 Å². The van der Waals surface area contributed by atoms with Gasteiger partial charge in [0.15, 0.2) is 0 Å². The van der Waals surface area contributed by atoms with Gasteiger partial charge in [-0.2, -0.15) is 19.2 Å². The number of hydrogen-bond acceptors (Lipinski definition) is 0. The summed E-state index contributed by atoms with van der Waals surface area (Å²) in [6.07, 6.45) is -3.35. The molecule has 0 unspecified atom stereocenters. The molecule has 3 aromatic rings. The van der Waals surface area contributed by atoms with Gasteiger partial charge in [-0.05, 0) is 24.1 Å². The molecule has 0 atom stereocenters. The van der Waals surface area contributed by atoms with Gasteiger partial charge in [0.05, 0.1) is 5.56 Å². The minimum atomic E-state index is -4.29. The zero-order chi connectivity index (χ0) is 15.0. The van der Waals surface area contributed by atoms with Crippen LogP contribution >= 0.6 is 0 Å². The number of hydrogen-bond donors (Lipinski definition) is 0. The summed E-state index contributed by atoms with van der Waals surface area (Å²) in [5.74, 6) is 0. The first-order valence-corrected chi connectivity index (χ1v) is 6.85. The van der Waals surface area contributed by atoms with Gasteiger partial charge in [0.2, 0.25) is 0 Å². The van der Waals surface area contributed by atoms with E-state index in [-0.39, 0.29) is 26.2 Å². The average Bonchev–Trinajstić information content (AvgIpc) is 2.89. The van der Waals surface area contributed by atoms with E-state index in [1.54, 1.807) is 0 Å². The van der Waals surface area contributed by atoms with Crippen LogP contribution in [0.1, 0.15) is 18.1 Å². The van der Waals surface area contributed by atoms with Crippen molar-refractivity contribution in [1.29, 1.82) is 0 Å². The van der Waals surface area contributed by atoms with Gasteiger partial charge >= 0.3 is 6.18 Å². The number of fused-ring (bicyclic) bond motifs is 1. The summed E-state index contributed by atoms with van der Waals surface area (Å²) in [5.41, 5.74) is 2.40. The van der Waals surface area contributed by atoms with Gasteiger partial charge in [-0.3, -0.25) is 0 Å². The molecule has 0 nitrogen and oxygen atoms in total. The van der Waals surface area contributed by atoms with Crippen LogP contribution in [-0.2, 0) is 38.8 Å². The number of benzene rings is 2. The quantitative estimate of drug-likeness (QED) is 0.494. The largest absolute Gasteiger partial charge is 0.416 e. The molecule has 0 aliphatic rings. The Morgan fingerprint density at radius 3 is 2.27 bits per heavy atom. The Morgan fingerprint density at radius 2 is 1.68 bits per heavy atom. The summed E-state index contributed by atoms with van der Waals surface area (Å²) >= 11 is 0. The second-order valence-corrected chi connectivity index (χ2v) is 5.10. The monoisotopic (exact) mass is 377 g/mol. The molecule has 0 saturated heterocycles. The fourth-order valence-corrected chi connectivity index (χ4v) is 2.59. The van der Waals surface area contributed by atoms with E-state index < -0.39 is 11.7 Å². The fourth-order valence-electron chi connectivity index (χ4n) is 2.59. The first-order chi connectivity index (χ1) is 9.99. The van der Waals surface area contributed by atoms with E-state index in [0.29, 0.717) is 0 Å². The Bertz CT molecular complexity index is 767. The molecular formula is C18H14F3Zr-. The van der Waals surface area contributed by atoms with Gasteiger partial charge in [0.25, 0.3) is 0 Å². The molecule has 0 aliphatic carbocycles. The van der Waals surface area contributed by atoms with Crippen LogP contribution in [0.15, 0.2) is 54.6 Å². The maximum Gasteiger partial charge on any atom is 0.416 e. The molecule has 0 radical (unpaired) electrons. The Balaban J connectivity index is 0.00000176. The third kappa shape index (κ3) is 3.22. The fraction of sp³-hybridized carbons (Fsp3) is 0.167. The molecule has 112 valence electrons. The van der Waals surface area contributed by atoms with Crippen molar-refractivity contribution < 1.29 is 39.4 Å². The molecule has 0 N–H and O–H groups in total. The standard InChI is InChI=1S/C18H14F3.Zr/c1-2-12-10-14-4-3-5-16(17(14)11-12)13-6-8-15(9-7-13)18(19,20)21;/h3-11H,2H2,1H3;/q-1;. The van der Waals surface area contributed by atoms with Crippen molar-refractivity contribution in [3.05, 3.63) is 65.7 Å².